The van der Waals surface area contributed by atoms with E-state index in [1.165, 1.54) is 5.56 Å². The Morgan fingerprint density at radius 1 is 1.16 bits per heavy atom. The van der Waals surface area contributed by atoms with Crippen LogP contribution in [0.25, 0.3) is 0 Å². The van der Waals surface area contributed by atoms with Gasteiger partial charge in [-0.1, -0.05) is 22.0 Å². The van der Waals surface area contributed by atoms with Crippen molar-refractivity contribution in [3.05, 3.63) is 56.7 Å². The lowest BCUT2D eigenvalue weighted by Gasteiger charge is -2.17. The van der Waals surface area contributed by atoms with E-state index in [4.69, 9.17) is 0 Å². The Bertz CT molecular complexity index is 658. The number of amides is 1. The molecule has 0 spiro atoms. The third kappa shape index (κ3) is 2.44. The minimum atomic E-state index is -0.00866. The van der Waals surface area contributed by atoms with E-state index in [1.807, 2.05) is 17.0 Å². The highest BCUT2D eigenvalue weighted by atomic mass is 79.9. The Morgan fingerprint density at radius 2 is 2.00 bits per heavy atom. The minimum absolute atomic E-state index is 0.00866. The van der Waals surface area contributed by atoms with Gasteiger partial charge in [-0.05, 0) is 46.1 Å². The largest absolute Gasteiger partial charge is 0.308 e. The highest BCUT2D eigenvalue weighted by Crippen LogP contribution is 2.32. The van der Waals surface area contributed by atoms with Gasteiger partial charge in [-0.2, -0.15) is 0 Å². The van der Waals surface area contributed by atoms with E-state index in [9.17, 15) is 4.79 Å². The molecule has 0 aliphatic carbocycles. The molecule has 1 aliphatic heterocycles. The highest BCUT2D eigenvalue weighted by molar-refractivity contribution is 9.10. The van der Waals surface area contributed by atoms with Crippen LogP contribution in [0.2, 0.25) is 0 Å². The summed E-state index contributed by atoms with van der Waals surface area (Å²) >= 11 is 6.79. The Labute approximate surface area is 127 Å². The predicted octanol–water partition coefficient (Wildman–Crippen LogP) is 3.81. The van der Waals surface area contributed by atoms with Crippen molar-refractivity contribution in [3.63, 3.8) is 0 Å². The summed E-state index contributed by atoms with van der Waals surface area (Å²) in [4.78, 5) is 18.4. The van der Waals surface area contributed by atoms with Gasteiger partial charge in [0.2, 0.25) is 0 Å². The number of nitrogens with zero attached hydrogens (tertiary/aromatic N) is 2. The molecular weight excluding hydrogens is 372 g/mol. The van der Waals surface area contributed by atoms with Crippen LogP contribution in [0.4, 0.5) is 5.69 Å². The van der Waals surface area contributed by atoms with Gasteiger partial charge >= 0.3 is 0 Å². The van der Waals surface area contributed by atoms with E-state index in [2.05, 4.69) is 42.9 Å². The number of carbonyl (C=O) groups is 1. The van der Waals surface area contributed by atoms with Crippen molar-refractivity contribution in [3.8, 4) is 0 Å². The van der Waals surface area contributed by atoms with Gasteiger partial charge in [0.25, 0.3) is 5.91 Å². The molecule has 0 unspecified atom stereocenters. The maximum atomic E-state index is 12.5. The molecule has 1 aliphatic rings. The van der Waals surface area contributed by atoms with E-state index in [-0.39, 0.29) is 5.91 Å². The number of hydrogen-bond acceptors (Lipinski definition) is 2. The number of halogens is 2. The van der Waals surface area contributed by atoms with Crippen molar-refractivity contribution in [2.45, 2.75) is 6.42 Å². The smallest absolute Gasteiger partial charge is 0.259 e. The van der Waals surface area contributed by atoms with Crippen LogP contribution in [-0.4, -0.2) is 17.4 Å². The molecule has 5 heteroatoms. The topological polar surface area (TPSA) is 33.2 Å². The first kappa shape index (κ1) is 12.8. The van der Waals surface area contributed by atoms with Gasteiger partial charge in [-0.3, -0.25) is 9.78 Å². The molecule has 0 saturated heterocycles. The van der Waals surface area contributed by atoms with E-state index >= 15 is 0 Å². The molecule has 19 heavy (non-hydrogen) atoms. The number of anilines is 1. The summed E-state index contributed by atoms with van der Waals surface area (Å²) < 4.78 is 1.80. The van der Waals surface area contributed by atoms with E-state index in [0.717, 1.165) is 27.6 Å². The molecule has 1 amide bonds. The van der Waals surface area contributed by atoms with Gasteiger partial charge in [0.15, 0.2) is 0 Å². The lowest BCUT2D eigenvalue weighted by Crippen LogP contribution is -2.28. The normalized spacial score (nSPS) is 13.5. The quantitative estimate of drug-likeness (QED) is 0.752. The molecule has 0 bridgehead atoms. The molecule has 0 fully saturated rings. The number of fused-ring (bicyclic) bond motifs is 1. The molecular formula is C14H10Br2N2O. The van der Waals surface area contributed by atoms with E-state index in [1.54, 1.807) is 18.5 Å². The summed E-state index contributed by atoms with van der Waals surface area (Å²) in [6.07, 6.45) is 4.17. The average Bonchev–Trinajstić information content (AvgIpc) is 2.80. The molecule has 2 aromatic rings. The Balaban J connectivity index is 1.97. The molecule has 3 nitrogen and oxygen atoms in total. The van der Waals surface area contributed by atoms with Crippen LogP contribution in [0.1, 0.15) is 15.9 Å². The predicted molar refractivity (Wildman–Crippen MR) is 81.5 cm³/mol. The van der Waals surface area contributed by atoms with Crippen LogP contribution in [0.3, 0.4) is 0 Å². The lowest BCUT2D eigenvalue weighted by molar-refractivity contribution is 0.0989. The van der Waals surface area contributed by atoms with Crippen molar-refractivity contribution in [1.29, 1.82) is 0 Å². The maximum absolute atomic E-state index is 12.5. The van der Waals surface area contributed by atoms with Gasteiger partial charge < -0.3 is 4.90 Å². The molecule has 0 saturated carbocycles. The number of rotatable bonds is 1. The Morgan fingerprint density at radius 3 is 2.79 bits per heavy atom. The average molecular weight is 382 g/mol. The van der Waals surface area contributed by atoms with Crippen molar-refractivity contribution in [1.82, 2.24) is 4.98 Å². The summed E-state index contributed by atoms with van der Waals surface area (Å²) in [6, 6.07) is 7.86. The molecule has 0 atom stereocenters. The first-order valence-electron chi connectivity index (χ1n) is 5.86. The van der Waals surface area contributed by atoms with Crippen LogP contribution in [0.5, 0.6) is 0 Å². The van der Waals surface area contributed by atoms with Gasteiger partial charge in [0, 0.05) is 33.6 Å². The highest BCUT2D eigenvalue weighted by Gasteiger charge is 2.25. The summed E-state index contributed by atoms with van der Waals surface area (Å²) in [5, 5.41) is 0. The van der Waals surface area contributed by atoms with Gasteiger partial charge in [0.05, 0.1) is 5.56 Å². The lowest BCUT2D eigenvalue weighted by atomic mass is 10.2. The fourth-order valence-electron chi connectivity index (χ4n) is 2.25. The number of benzene rings is 1. The number of hydrogen-bond donors (Lipinski definition) is 0. The first-order chi connectivity index (χ1) is 9.15. The molecule has 1 aromatic heterocycles. The molecule has 1 aromatic carbocycles. The SMILES string of the molecule is O=C(c1cncc(Br)c1)N1CCc2ccc(Br)cc21. The van der Waals surface area contributed by atoms with Crippen LogP contribution >= 0.6 is 31.9 Å². The second kappa shape index (κ2) is 5.06. The van der Waals surface area contributed by atoms with Crippen LogP contribution in [-0.2, 0) is 6.42 Å². The molecule has 2 heterocycles. The van der Waals surface area contributed by atoms with E-state index in [0.29, 0.717) is 5.56 Å². The molecule has 0 radical (unpaired) electrons. The second-order valence-electron chi connectivity index (χ2n) is 4.37. The fraction of sp³-hybridized carbons (Fsp3) is 0.143. The third-order valence-electron chi connectivity index (χ3n) is 3.14. The van der Waals surface area contributed by atoms with Gasteiger partial charge in [-0.15, -0.1) is 0 Å². The monoisotopic (exact) mass is 380 g/mol. The van der Waals surface area contributed by atoms with Crippen molar-refractivity contribution in [2.75, 3.05) is 11.4 Å². The molecule has 96 valence electrons. The zero-order valence-corrected chi connectivity index (χ0v) is 13.1. The molecule has 3 rings (SSSR count). The Kier molecular flexibility index (Phi) is 3.41. The number of aromatic nitrogens is 1. The minimum Gasteiger partial charge on any atom is -0.308 e. The zero-order valence-electron chi connectivity index (χ0n) is 9.94. The summed E-state index contributed by atoms with van der Waals surface area (Å²) in [7, 11) is 0. The van der Waals surface area contributed by atoms with Crippen LogP contribution in [0, 0.1) is 0 Å². The number of carbonyl (C=O) groups excluding carboxylic acids is 1. The molecule has 0 N–H and O–H groups in total. The van der Waals surface area contributed by atoms with Crippen molar-refractivity contribution < 1.29 is 4.79 Å². The first-order valence-corrected chi connectivity index (χ1v) is 7.44. The third-order valence-corrected chi connectivity index (χ3v) is 4.07. The standard InChI is InChI=1S/C14H10Br2N2O/c15-11-2-1-9-3-4-18(13(9)6-11)14(19)10-5-12(16)8-17-7-10/h1-2,5-8H,3-4H2. The van der Waals surface area contributed by atoms with Crippen molar-refractivity contribution >= 4 is 43.5 Å². The summed E-state index contributed by atoms with van der Waals surface area (Å²) in [5.74, 6) is -0.00866. The summed E-state index contributed by atoms with van der Waals surface area (Å²) in [6.45, 7) is 0.719. The van der Waals surface area contributed by atoms with Gasteiger partial charge in [0.1, 0.15) is 0 Å². The Hall–Kier alpha value is -1.20. The second-order valence-corrected chi connectivity index (χ2v) is 6.20. The maximum Gasteiger partial charge on any atom is 0.259 e. The van der Waals surface area contributed by atoms with E-state index < -0.39 is 0 Å². The fourth-order valence-corrected chi connectivity index (χ4v) is 2.96. The van der Waals surface area contributed by atoms with Gasteiger partial charge in [-0.25, -0.2) is 0 Å². The summed E-state index contributed by atoms with van der Waals surface area (Å²) in [5.41, 5.74) is 2.79. The van der Waals surface area contributed by atoms with Crippen LogP contribution < -0.4 is 4.90 Å². The zero-order chi connectivity index (χ0) is 13.4. The van der Waals surface area contributed by atoms with Crippen LogP contribution in [0.15, 0.2) is 45.6 Å². The van der Waals surface area contributed by atoms with Crippen molar-refractivity contribution in [2.24, 2.45) is 0 Å². The number of pyridine rings is 1.